The Morgan fingerprint density at radius 3 is 2.48 bits per heavy atom. The minimum absolute atomic E-state index is 0.276. The van der Waals surface area contributed by atoms with Gasteiger partial charge in [-0.25, -0.2) is 0 Å². The molecule has 0 atom stereocenters. The molecule has 27 heavy (non-hydrogen) atoms. The second-order valence-electron chi connectivity index (χ2n) is 6.20. The number of rotatable bonds is 3. The fourth-order valence-electron chi connectivity index (χ4n) is 3.28. The SMILES string of the molecule is Cc1nccc(-c2ccc(-c3ccc4c(c3)OCO4)cc2)c1-c1nn[nH]n1. The van der Waals surface area contributed by atoms with E-state index in [2.05, 4.69) is 49.9 Å². The summed E-state index contributed by atoms with van der Waals surface area (Å²) in [4.78, 5) is 4.37. The van der Waals surface area contributed by atoms with Gasteiger partial charge in [-0.3, -0.25) is 4.98 Å². The van der Waals surface area contributed by atoms with Gasteiger partial charge >= 0.3 is 0 Å². The highest BCUT2D eigenvalue weighted by Crippen LogP contribution is 2.37. The lowest BCUT2D eigenvalue weighted by Gasteiger charge is -2.10. The van der Waals surface area contributed by atoms with Crippen molar-refractivity contribution in [3.05, 3.63) is 60.4 Å². The van der Waals surface area contributed by atoms with Gasteiger partial charge in [0.05, 0.1) is 5.56 Å². The first-order chi connectivity index (χ1) is 13.3. The van der Waals surface area contributed by atoms with E-state index in [4.69, 9.17) is 9.47 Å². The molecule has 0 fully saturated rings. The van der Waals surface area contributed by atoms with Crippen molar-refractivity contribution in [1.82, 2.24) is 25.6 Å². The molecular weight excluding hydrogens is 342 g/mol. The molecule has 0 saturated carbocycles. The van der Waals surface area contributed by atoms with E-state index in [0.717, 1.165) is 45.0 Å². The van der Waals surface area contributed by atoms with Gasteiger partial charge in [-0.1, -0.05) is 30.3 Å². The number of H-pyrrole nitrogens is 1. The number of ether oxygens (including phenoxy) is 2. The van der Waals surface area contributed by atoms with Gasteiger partial charge in [-0.2, -0.15) is 5.21 Å². The highest BCUT2D eigenvalue weighted by atomic mass is 16.7. The zero-order valence-corrected chi connectivity index (χ0v) is 14.5. The number of aryl methyl sites for hydroxylation is 1. The van der Waals surface area contributed by atoms with Crippen LogP contribution in [0.1, 0.15) is 5.69 Å². The summed E-state index contributed by atoms with van der Waals surface area (Å²) >= 11 is 0. The standard InChI is InChI=1S/C20H15N5O2/c1-12-19(20-22-24-25-23-20)16(8-9-21-12)14-4-2-13(3-5-14)15-6-7-17-18(10-15)27-11-26-17/h2-10H,11H2,1H3,(H,22,23,24,25). The fourth-order valence-corrected chi connectivity index (χ4v) is 3.28. The lowest BCUT2D eigenvalue weighted by Crippen LogP contribution is -1.94. The molecule has 1 N–H and O–H groups in total. The summed E-state index contributed by atoms with van der Waals surface area (Å²) in [6.07, 6.45) is 1.79. The van der Waals surface area contributed by atoms with Crippen LogP contribution in [-0.4, -0.2) is 32.4 Å². The van der Waals surface area contributed by atoms with Crippen LogP contribution in [0, 0.1) is 6.92 Å². The van der Waals surface area contributed by atoms with E-state index in [9.17, 15) is 0 Å². The molecule has 0 amide bonds. The van der Waals surface area contributed by atoms with E-state index in [1.807, 2.05) is 31.2 Å². The van der Waals surface area contributed by atoms with Gasteiger partial charge in [0.25, 0.3) is 0 Å². The Kier molecular flexibility index (Phi) is 3.57. The van der Waals surface area contributed by atoms with Crippen LogP contribution in [0.15, 0.2) is 54.7 Å². The van der Waals surface area contributed by atoms with Crippen LogP contribution in [0.2, 0.25) is 0 Å². The molecule has 0 unspecified atom stereocenters. The molecule has 3 heterocycles. The molecule has 0 bridgehead atoms. The van der Waals surface area contributed by atoms with E-state index in [-0.39, 0.29) is 6.79 Å². The van der Waals surface area contributed by atoms with Crippen LogP contribution in [-0.2, 0) is 0 Å². The van der Waals surface area contributed by atoms with Crippen molar-refractivity contribution in [2.75, 3.05) is 6.79 Å². The van der Waals surface area contributed by atoms with Gasteiger partial charge in [0.1, 0.15) is 0 Å². The first-order valence-corrected chi connectivity index (χ1v) is 8.49. The molecule has 132 valence electrons. The maximum Gasteiger partial charge on any atom is 0.231 e. The summed E-state index contributed by atoms with van der Waals surface area (Å²) in [5, 5.41) is 14.4. The highest BCUT2D eigenvalue weighted by Gasteiger charge is 2.16. The van der Waals surface area contributed by atoms with Crippen molar-refractivity contribution in [2.24, 2.45) is 0 Å². The van der Waals surface area contributed by atoms with E-state index < -0.39 is 0 Å². The number of fused-ring (bicyclic) bond motifs is 1. The molecular formula is C20H15N5O2. The minimum Gasteiger partial charge on any atom is -0.454 e. The molecule has 0 spiro atoms. The van der Waals surface area contributed by atoms with Crippen molar-refractivity contribution in [2.45, 2.75) is 6.92 Å². The molecule has 1 aliphatic heterocycles. The molecule has 1 aliphatic rings. The van der Waals surface area contributed by atoms with Gasteiger partial charge in [-0.15, -0.1) is 10.2 Å². The van der Waals surface area contributed by atoms with Crippen LogP contribution in [0.5, 0.6) is 11.5 Å². The number of tetrazole rings is 1. The Labute approximate surface area is 155 Å². The third-order valence-electron chi connectivity index (χ3n) is 4.61. The quantitative estimate of drug-likeness (QED) is 0.602. The minimum atomic E-state index is 0.276. The van der Waals surface area contributed by atoms with Gasteiger partial charge in [0.15, 0.2) is 11.5 Å². The maximum atomic E-state index is 5.47. The number of nitrogens with one attached hydrogen (secondary N) is 1. The average Bonchev–Trinajstić information content (AvgIpc) is 3.39. The number of aromatic amines is 1. The lowest BCUT2D eigenvalue weighted by molar-refractivity contribution is 0.174. The second kappa shape index (κ2) is 6.21. The van der Waals surface area contributed by atoms with Gasteiger partial charge in [0.2, 0.25) is 12.6 Å². The highest BCUT2D eigenvalue weighted by molar-refractivity contribution is 5.82. The maximum absolute atomic E-state index is 5.47. The predicted octanol–water partition coefficient (Wildman–Crippen LogP) is 3.63. The third-order valence-corrected chi connectivity index (χ3v) is 4.61. The van der Waals surface area contributed by atoms with E-state index in [1.165, 1.54) is 0 Å². The molecule has 7 heteroatoms. The van der Waals surface area contributed by atoms with Crippen molar-refractivity contribution < 1.29 is 9.47 Å². The van der Waals surface area contributed by atoms with Crippen molar-refractivity contribution in [3.63, 3.8) is 0 Å². The van der Waals surface area contributed by atoms with Crippen LogP contribution < -0.4 is 9.47 Å². The molecule has 5 rings (SSSR count). The van der Waals surface area contributed by atoms with E-state index in [0.29, 0.717) is 5.82 Å². The predicted molar refractivity (Wildman–Crippen MR) is 99.1 cm³/mol. The Morgan fingerprint density at radius 1 is 0.889 bits per heavy atom. The molecule has 7 nitrogen and oxygen atoms in total. The fraction of sp³-hybridized carbons (Fsp3) is 0.100. The van der Waals surface area contributed by atoms with Crippen LogP contribution in [0.3, 0.4) is 0 Å². The second-order valence-corrected chi connectivity index (χ2v) is 6.20. The number of hydrogen-bond acceptors (Lipinski definition) is 6. The monoisotopic (exact) mass is 357 g/mol. The number of nitrogens with zero attached hydrogens (tertiary/aromatic N) is 4. The molecule has 4 aromatic rings. The number of benzene rings is 2. The van der Waals surface area contributed by atoms with Crippen molar-refractivity contribution in [3.8, 4) is 45.1 Å². The van der Waals surface area contributed by atoms with Crippen molar-refractivity contribution >= 4 is 0 Å². The summed E-state index contributed by atoms with van der Waals surface area (Å²) in [5.41, 5.74) is 5.99. The Morgan fingerprint density at radius 2 is 1.67 bits per heavy atom. The summed E-state index contributed by atoms with van der Waals surface area (Å²) in [7, 11) is 0. The Hall–Kier alpha value is -3.74. The largest absolute Gasteiger partial charge is 0.454 e. The zero-order valence-electron chi connectivity index (χ0n) is 14.5. The van der Waals surface area contributed by atoms with Crippen molar-refractivity contribution in [1.29, 1.82) is 0 Å². The Balaban J connectivity index is 1.54. The van der Waals surface area contributed by atoms with Crippen LogP contribution in [0.4, 0.5) is 0 Å². The van der Waals surface area contributed by atoms with E-state index >= 15 is 0 Å². The summed E-state index contributed by atoms with van der Waals surface area (Å²) in [6.45, 7) is 2.22. The smallest absolute Gasteiger partial charge is 0.231 e. The average molecular weight is 357 g/mol. The van der Waals surface area contributed by atoms with Crippen LogP contribution in [0.25, 0.3) is 33.6 Å². The van der Waals surface area contributed by atoms with Gasteiger partial charge in [0, 0.05) is 11.9 Å². The van der Waals surface area contributed by atoms with Gasteiger partial charge in [-0.05, 0) is 52.6 Å². The number of pyridine rings is 1. The summed E-state index contributed by atoms with van der Waals surface area (Å²) < 4.78 is 10.9. The summed E-state index contributed by atoms with van der Waals surface area (Å²) in [6, 6.07) is 16.3. The number of aromatic nitrogens is 5. The molecule has 0 aliphatic carbocycles. The number of hydrogen-bond donors (Lipinski definition) is 1. The zero-order chi connectivity index (χ0) is 18.2. The normalized spacial score (nSPS) is 12.3. The van der Waals surface area contributed by atoms with Gasteiger partial charge < -0.3 is 9.47 Å². The van der Waals surface area contributed by atoms with E-state index in [1.54, 1.807) is 6.20 Å². The third kappa shape index (κ3) is 2.69. The first-order valence-electron chi connectivity index (χ1n) is 8.49. The molecule has 0 saturated heterocycles. The molecule has 2 aromatic heterocycles. The lowest BCUT2D eigenvalue weighted by atomic mass is 9.96. The first kappa shape index (κ1) is 15.5. The Bertz CT molecular complexity index is 1110. The molecule has 2 aromatic carbocycles. The summed E-state index contributed by atoms with van der Waals surface area (Å²) in [5.74, 6) is 2.10. The van der Waals surface area contributed by atoms with Crippen LogP contribution >= 0.6 is 0 Å². The molecule has 0 radical (unpaired) electrons. The topological polar surface area (TPSA) is 85.8 Å².